The van der Waals surface area contributed by atoms with Crippen LogP contribution in [0.25, 0.3) is 21.9 Å². The predicted octanol–water partition coefficient (Wildman–Crippen LogP) is 4.01. The number of hydrogen-bond donors (Lipinski definition) is 1. The van der Waals surface area contributed by atoms with E-state index >= 15 is 0 Å². The minimum Gasteiger partial charge on any atom is -0.481 e. The van der Waals surface area contributed by atoms with Gasteiger partial charge in [-0.1, -0.05) is 20.8 Å². The molecule has 0 radical (unpaired) electrons. The number of carbonyl (C=O) groups is 2. The molecule has 1 aromatic carbocycles. The number of amides is 1. The molecule has 1 N–H and O–H groups in total. The highest BCUT2D eigenvalue weighted by atomic mass is 16.4. The monoisotopic (exact) mass is 425 g/mol. The molecule has 0 saturated carbocycles. The van der Waals surface area contributed by atoms with Crippen LogP contribution in [-0.2, 0) is 21.4 Å². The second-order valence-corrected chi connectivity index (χ2v) is 9.43. The van der Waals surface area contributed by atoms with Crippen LogP contribution in [0.5, 0.6) is 0 Å². The summed E-state index contributed by atoms with van der Waals surface area (Å²) in [6, 6.07) is 3.68. The lowest BCUT2D eigenvalue weighted by Crippen LogP contribution is -2.43. The van der Waals surface area contributed by atoms with E-state index in [0.717, 1.165) is 16.3 Å². The van der Waals surface area contributed by atoms with Crippen molar-refractivity contribution in [2.75, 3.05) is 13.1 Å². The zero-order chi connectivity index (χ0) is 22.5. The third kappa shape index (κ3) is 3.84. The van der Waals surface area contributed by atoms with Crippen LogP contribution in [0, 0.1) is 12.8 Å². The second-order valence-electron chi connectivity index (χ2n) is 9.43. The van der Waals surface area contributed by atoms with Gasteiger partial charge in [0, 0.05) is 35.5 Å². The topological polar surface area (TPSA) is 101 Å². The summed E-state index contributed by atoms with van der Waals surface area (Å²) in [7, 11) is 0. The minimum absolute atomic E-state index is 0.105. The smallest absolute Gasteiger partial charge is 0.340 e. The molecule has 1 aliphatic rings. The fraction of sp³-hybridized carbons (Fsp3) is 0.458. The molecule has 0 bridgehead atoms. The quantitative estimate of drug-likeness (QED) is 0.636. The van der Waals surface area contributed by atoms with Crippen molar-refractivity contribution >= 4 is 33.8 Å². The average molecular weight is 425 g/mol. The van der Waals surface area contributed by atoms with E-state index < -0.39 is 17.5 Å². The number of aryl methyl sites for hydroxylation is 1. The molecule has 1 saturated heterocycles. The Morgan fingerprint density at radius 2 is 1.94 bits per heavy atom. The number of rotatable bonds is 3. The van der Waals surface area contributed by atoms with Crippen LogP contribution in [0.3, 0.4) is 0 Å². The number of fused-ring (bicyclic) bond motifs is 2. The highest BCUT2D eigenvalue weighted by Crippen LogP contribution is 2.35. The van der Waals surface area contributed by atoms with E-state index in [0.29, 0.717) is 41.7 Å². The molecule has 0 aliphatic carbocycles. The van der Waals surface area contributed by atoms with Crippen LogP contribution < -0.4 is 5.63 Å². The molecule has 1 fully saturated rings. The van der Waals surface area contributed by atoms with Gasteiger partial charge in [0.25, 0.3) is 0 Å². The Balaban J connectivity index is 1.72. The number of benzene rings is 1. The van der Waals surface area contributed by atoms with Crippen molar-refractivity contribution in [1.29, 1.82) is 0 Å². The van der Waals surface area contributed by atoms with Crippen LogP contribution in [0.1, 0.15) is 50.3 Å². The van der Waals surface area contributed by atoms with Gasteiger partial charge in [0.15, 0.2) is 0 Å². The van der Waals surface area contributed by atoms with Crippen molar-refractivity contribution < 1.29 is 23.5 Å². The first-order valence-corrected chi connectivity index (χ1v) is 10.5. The molecular weight excluding hydrogens is 398 g/mol. The number of carboxylic acid groups (broad SMARTS) is 1. The van der Waals surface area contributed by atoms with Crippen molar-refractivity contribution in [3.05, 3.63) is 45.5 Å². The number of piperidine rings is 1. The maximum Gasteiger partial charge on any atom is 0.340 e. The van der Waals surface area contributed by atoms with Crippen molar-refractivity contribution in [1.82, 2.24) is 4.90 Å². The molecule has 3 heterocycles. The van der Waals surface area contributed by atoms with Gasteiger partial charge in [-0.15, -0.1) is 0 Å². The number of furan rings is 1. The van der Waals surface area contributed by atoms with E-state index in [9.17, 15) is 19.5 Å². The molecule has 164 valence electrons. The number of aliphatic carboxylic acids is 1. The molecule has 1 aliphatic heterocycles. The number of hydrogen-bond acceptors (Lipinski definition) is 5. The summed E-state index contributed by atoms with van der Waals surface area (Å²) in [6.07, 6.45) is 2.83. The largest absolute Gasteiger partial charge is 0.481 e. The Bertz CT molecular complexity index is 1240. The summed E-state index contributed by atoms with van der Waals surface area (Å²) < 4.78 is 11.2. The summed E-state index contributed by atoms with van der Waals surface area (Å²) in [6.45, 7) is 8.81. The molecule has 3 aromatic rings. The van der Waals surface area contributed by atoms with Gasteiger partial charge in [-0.25, -0.2) is 4.79 Å². The third-order valence-electron chi connectivity index (χ3n) is 6.24. The Labute approximate surface area is 179 Å². The first kappa shape index (κ1) is 21.2. The van der Waals surface area contributed by atoms with Crippen molar-refractivity contribution in [2.24, 2.45) is 5.92 Å². The van der Waals surface area contributed by atoms with Crippen LogP contribution in [0.4, 0.5) is 0 Å². The third-order valence-corrected chi connectivity index (χ3v) is 6.24. The molecular formula is C24H27NO6. The fourth-order valence-electron chi connectivity index (χ4n) is 4.36. The van der Waals surface area contributed by atoms with E-state index in [1.54, 1.807) is 17.2 Å². The molecule has 0 spiro atoms. The standard InChI is InChI=1S/C24H27NO6/c1-13-15-8-17-18(24(2,3)4)12-30-19(17)10-20(15)31-23(29)16(13)9-21(26)25-7-5-6-14(11-25)22(27)28/h8,10,12,14H,5-7,9,11H2,1-4H3,(H,27,28)/t14-/m1/s1. The van der Waals surface area contributed by atoms with Crippen LogP contribution >= 0.6 is 0 Å². The van der Waals surface area contributed by atoms with Crippen LogP contribution in [-0.4, -0.2) is 35.0 Å². The minimum atomic E-state index is -0.891. The fourth-order valence-corrected chi connectivity index (χ4v) is 4.36. The molecule has 2 aromatic heterocycles. The summed E-state index contributed by atoms with van der Waals surface area (Å²) in [4.78, 5) is 38.4. The molecule has 0 unspecified atom stereocenters. The zero-order valence-electron chi connectivity index (χ0n) is 18.3. The van der Waals surface area contributed by atoms with Gasteiger partial charge in [0.05, 0.1) is 24.2 Å². The molecule has 4 rings (SSSR count). The number of likely N-dealkylation sites (tertiary alicyclic amines) is 1. The van der Waals surface area contributed by atoms with E-state index in [4.69, 9.17) is 8.83 Å². The molecule has 1 atom stereocenters. The van der Waals surface area contributed by atoms with Crippen LogP contribution in [0.15, 0.2) is 32.0 Å². The van der Waals surface area contributed by atoms with Crippen molar-refractivity contribution in [2.45, 2.75) is 52.4 Å². The predicted molar refractivity (Wildman–Crippen MR) is 116 cm³/mol. The Morgan fingerprint density at radius 3 is 2.61 bits per heavy atom. The Kier molecular flexibility index (Phi) is 5.15. The zero-order valence-corrected chi connectivity index (χ0v) is 18.3. The SMILES string of the molecule is Cc1c(CC(=O)N2CCC[C@@H](C(=O)O)C2)c(=O)oc2cc3occ(C(C)(C)C)c3cc12. The maximum absolute atomic E-state index is 12.9. The lowest BCUT2D eigenvalue weighted by molar-refractivity contribution is -0.145. The van der Waals surface area contributed by atoms with Gasteiger partial charge < -0.3 is 18.8 Å². The van der Waals surface area contributed by atoms with E-state index in [1.807, 2.05) is 13.0 Å². The van der Waals surface area contributed by atoms with Crippen molar-refractivity contribution in [3.63, 3.8) is 0 Å². The highest BCUT2D eigenvalue weighted by molar-refractivity contribution is 5.97. The maximum atomic E-state index is 12.9. The molecule has 1 amide bonds. The van der Waals surface area contributed by atoms with E-state index in [2.05, 4.69) is 20.8 Å². The summed E-state index contributed by atoms with van der Waals surface area (Å²) in [5, 5.41) is 11.0. The Morgan fingerprint density at radius 1 is 1.19 bits per heavy atom. The first-order chi connectivity index (χ1) is 14.6. The average Bonchev–Trinajstić information content (AvgIpc) is 3.13. The Hall–Kier alpha value is -3.09. The summed E-state index contributed by atoms with van der Waals surface area (Å²) in [5.41, 5.74) is 2.48. The molecule has 31 heavy (non-hydrogen) atoms. The number of carboxylic acids is 1. The van der Waals surface area contributed by atoms with E-state index in [-0.39, 0.29) is 24.3 Å². The van der Waals surface area contributed by atoms with Gasteiger partial charge in [0.1, 0.15) is 11.2 Å². The van der Waals surface area contributed by atoms with Crippen LogP contribution in [0.2, 0.25) is 0 Å². The van der Waals surface area contributed by atoms with Gasteiger partial charge in [-0.3, -0.25) is 9.59 Å². The second kappa shape index (κ2) is 7.55. The summed E-state index contributed by atoms with van der Waals surface area (Å²) in [5.74, 6) is -1.70. The van der Waals surface area contributed by atoms with Gasteiger partial charge >= 0.3 is 11.6 Å². The highest BCUT2D eigenvalue weighted by Gasteiger charge is 2.29. The van der Waals surface area contributed by atoms with Gasteiger partial charge in [-0.2, -0.15) is 0 Å². The molecule has 7 nitrogen and oxygen atoms in total. The number of nitrogens with zero attached hydrogens (tertiary/aromatic N) is 1. The van der Waals surface area contributed by atoms with Crippen molar-refractivity contribution in [3.8, 4) is 0 Å². The van der Waals surface area contributed by atoms with Gasteiger partial charge in [-0.05, 0) is 36.8 Å². The summed E-state index contributed by atoms with van der Waals surface area (Å²) >= 11 is 0. The normalized spacial score (nSPS) is 17.4. The van der Waals surface area contributed by atoms with E-state index in [1.165, 1.54) is 0 Å². The lowest BCUT2D eigenvalue weighted by Gasteiger charge is -2.30. The first-order valence-electron chi connectivity index (χ1n) is 10.5. The van der Waals surface area contributed by atoms with Gasteiger partial charge in [0.2, 0.25) is 5.91 Å². The lowest BCUT2D eigenvalue weighted by atomic mass is 9.86. The number of carbonyl (C=O) groups excluding carboxylic acids is 1. The molecule has 7 heteroatoms.